The zero-order chi connectivity index (χ0) is 17.8. The van der Waals surface area contributed by atoms with Gasteiger partial charge in [0.05, 0.1) is 13.3 Å². The van der Waals surface area contributed by atoms with E-state index in [1.165, 1.54) is 6.21 Å². The molecule has 0 fully saturated rings. The maximum atomic E-state index is 12.2. The van der Waals surface area contributed by atoms with E-state index < -0.39 is 0 Å². The Morgan fingerprint density at radius 3 is 2.60 bits per heavy atom. The second-order valence-electron chi connectivity index (χ2n) is 5.69. The zero-order valence-corrected chi connectivity index (χ0v) is 14.0. The summed E-state index contributed by atoms with van der Waals surface area (Å²) in [5.74, 6) is 0.574. The second kappa shape index (κ2) is 7.05. The molecule has 0 aliphatic rings. The van der Waals surface area contributed by atoms with Gasteiger partial charge in [-0.05, 0) is 59.7 Å². The monoisotopic (exact) mass is 334 g/mol. The van der Waals surface area contributed by atoms with Crippen LogP contribution in [-0.4, -0.2) is 24.3 Å². The first-order chi connectivity index (χ1) is 12.1. The summed E-state index contributed by atoms with van der Waals surface area (Å²) < 4.78 is 5.19. The van der Waals surface area contributed by atoms with E-state index in [0.717, 1.165) is 22.1 Å². The van der Waals surface area contributed by atoms with E-state index in [-0.39, 0.29) is 11.7 Å². The summed E-state index contributed by atoms with van der Waals surface area (Å²) >= 11 is 0. The van der Waals surface area contributed by atoms with Crippen molar-refractivity contribution in [2.24, 2.45) is 5.10 Å². The number of fused-ring (bicyclic) bond motifs is 1. The largest absolute Gasteiger partial charge is 0.507 e. The lowest BCUT2D eigenvalue weighted by Gasteiger charge is -2.05. The molecular formula is C20H18N2O3. The van der Waals surface area contributed by atoms with Crippen molar-refractivity contribution < 1.29 is 14.6 Å². The Balaban J connectivity index is 1.74. The average Bonchev–Trinajstić information content (AvgIpc) is 2.62. The number of methoxy groups -OCH3 is 1. The number of nitrogens with zero attached hydrogens (tertiary/aromatic N) is 1. The minimum atomic E-state index is -0.319. The number of hydrogen-bond donors (Lipinski definition) is 2. The lowest BCUT2D eigenvalue weighted by molar-refractivity contribution is 0.0955. The third-order valence-electron chi connectivity index (χ3n) is 3.87. The van der Waals surface area contributed by atoms with Crippen molar-refractivity contribution >= 4 is 22.9 Å². The number of phenolic OH excluding ortho intramolecular Hbond substituents is 1. The van der Waals surface area contributed by atoms with Crippen LogP contribution < -0.4 is 10.2 Å². The number of hydrazone groups is 1. The molecule has 3 aromatic rings. The number of hydrogen-bond acceptors (Lipinski definition) is 4. The number of aryl methyl sites for hydroxylation is 1. The number of amides is 1. The molecule has 5 heteroatoms. The summed E-state index contributed by atoms with van der Waals surface area (Å²) in [6.45, 7) is 1.89. The predicted octanol–water partition coefficient (Wildman–Crippen LogP) is 3.63. The van der Waals surface area contributed by atoms with Crippen LogP contribution in [0.25, 0.3) is 10.8 Å². The first-order valence-electron chi connectivity index (χ1n) is 7.77. The topological polar surface area (TPSA) is 70.9 Å². The molecule has 0 spiro atoms. The first-order valence-corrected chi connectivity index (χ1v) is 7.77. The number of carbonyl (C=O) groups excluding carboxylic acids is 1. The molecule has 0 radical (unpaired) electrons. The molecule has 3 rings (SSSR count). The van der Waals surface area contributed by atoms with Gasteiger partial charge in [-0.2, -0.15) is 5.10 Å². The van der Waals surface area contributed by atoms with Crippen LogP contribution in [0.3, 0.4) is 0 Å². The summed E-state index contributed by atoms with van der Waals surface area (Å²) in [5, 5.41) is 15.7. The molecule has 0 heterocycles. The molecule has 2 N–H and O–H groups in total. The summed E-state index contributed by atoms with van der Waals surface area (Å²) in [6.07, 6.45) is 1.42. The molecule has 0 saturated carbocycles. The smallest absolute Gasteiger partial charge is 0.271 e. The fourth-order valence-electron chi connectivity index (χ4n) is 2.48. The van der Waals surface area contributed by atoms with Crippen LogP contribution in [0.1, 0.15) is 21.5 Å². The van der Waals surface area contributed by atoms with E-state index in [2.05, 4.69) is 10.5 Å². The molecule has 3 aromatic carbocycles. The highest BCUT2D eigenvalue weighted by molar-refractivity contribution is 5.99. The Hall–Kier alpha value is -3.34. The summed E-state index contributed by atoms with van der Waals surface area (Å²) in [5.41, 5.74) is 4.46. The lowest BCUT2D eigenvalue weighted by Crippen LogP contribution is -2.17. The van der Waals surface area contributed by atoms with Gasteiger partial charge in [-0.25, -0.2) is 5.43 Å². The summed E-state index contributed by atoms with van der Waals surface area (Å²) in [4.78, 5) is 12.2. The van der Waals surface area contributed by atoms with Gasteiger partial charge >= 0.3 is 0 Å². The van der Waals surface area contributed by atoms with Crippen molar-refractivity contribution in [1.82, 2.24) is 5.43 Å². The van der Waals surface area contributed by atoms with Crippen LogP contribution in [0, 0.1) is 6.92 Å². The number of rotatable bonds is 4. The number of phenols is 1. The third-order valence-corrected chi connectivity index (χ3v) is 3.87. The molecule has 25 heavy (non-hydrogen) atoms. The minimum absolute atomic E-state index is 0.123. The number of carbonyl (C=O) groups is 1. The number of aromatic hydroxyl groups is 1. The normalized spacial score (nSPS) is 11.0. The molecule has 5 nitrogen and oxygen atoms in total. The molecule has 0 aliphatic carbocycles. The van der Waals surface area contributed by atoms with Crippen LogP contribution in [0.5, 0.6) is 11.5 Å². The predicted molar refractivity (Wildman–Crippen MR) is 98.4 cm³/mol. The standard InChI is InChI=1S/C20H18N2O3/c1-13-3-4-17(19(23)9-13)12-21-22-20(24)16-6-5-15-11-18(25-2)8-7-14(15)10-16/h3-12,23H,1-2H3,(H,22,24)/b21-12+. The van der Waals surface area contributed by atoms with Crippen LogP contribution in [-0.2, 0) is 0 Å². The van der Waals surface area contributed by atoms with E-state index in [4.69, 9.17) is 4.74 Å². The fraction of sp³-hybridized carbons (Fsp3) is 0.100. The molecule has 0 bridgehead atoms. The van der Waals surface area contributed by atoms with Gasteiger partial charge in [-0.1, -0.05) is 18.2 Å². The van der Waals surface area contributed by atoms with E-state index in [9.17, 15) is 9.90 Å². The van der Waals surface area contributed by atoms with Crippen LogP contribution in [0.4, 0.5) is 0 Å². The minimum Gasteiger partial charge on any atom is -0.507 e. The van der Waals surface area contributed by atoms with E-state index in [1.54, 1.807) is 31.4 Å². The Bertz CT molecular complexity index is 964. The van der Waals surface area contributed by atoms with Crippen molar-refractivity contribution in [3.8, 4) is 11.5 Å². The van der Waals surface area contributed by atoms with Crippen molar-refractivity contribution in [2.45, 2.75) is 6.92 Å². The van der Waals surface area contributed by atoms with Gasteiger partial charge in [0.25, 0.3) is 5.91 Å². The molecule has 0 unspecified atom stereocenters. The first kappa shape index (κ1) is 16.5. The van der Waals surface area contributed by atoms with Gasteiger partial charge in [0.2, 0.25) is 0 Å². The molecule has 0 atom stereocenters. The Morgan fingerprint density at radius 2 is 1.84 bits per heavy atom. The second-order valence-corrected chi connectivity index (χ2v) is 5.69. The highest BCUT2D eigenvalue weighted by atomic mass is 16.5. The van der Waals surface area contributed by atoms with Crippen molar-refractivity contribution in [1.29, 1.82) is 0 Å². The van der Waals surface area contributed by atoms with Gasteiger partial charge in [-0.15, -0.1) is 0 Å². The molecule has 0 aliphatic heterocycles. The van der Waals surface area contributed by atoms with Crippen LogP contribution >= 0.6 is 0 Å². The van der Waals surface area contributed by atoms with Gasteiger partial charge < -0.3 is 9.84 Å². The van der Waals surface area contributed by atoms with Crippen molar-refractivity contribution in [3.05, 3.63) is 71.3 Å². The van der Waals surface area contributed by atoms with E-state index in [0.29, 0.717) is 11.1 Å². The molecule has 126 valence electrons. The van der Waals surface area contributed by atoms with E-state index in [1.807, 2.05) is 37.3 Å². The van der Waals surface area contributed by atoms with Crippen LogP contribution in [0.15, 0.2) is 59.7 Å². The maximum absolute atomic E-state index is 12.2. The van der Waals surface area contributed by atoms with Gasteiger partial charge in [0, 0.05) is 11.1 Å². The Kier molecular flexibility index (Phi) is 4.66. The van der Waals surface area contributed by atoms with E-state index >= 15 is 0 Å². The summed E-state index contributed by atoms with van der Waals surface area (Å²) in [6, 6.07) is 16.3. The van der Waals surface area contributed by atoms with Gasteiger partial charge in [0.15, 0.2) is 0 Å². The van der Waals surface area contributed by atoms with Crippen LogP contribution in [0.2, 0.25) is 0 Å². The van der Waals surface area contributed by atoms with Crippen molar-refractivity contribution in [2.75, 3.05) is 7.11 Å². The fourth-order valence-corrected chi connectivity index (χ4v) is 2.48. The quantitative estimate of drug-likeness (QED) is 0.565. The SMILES string of the molecule is COc1ccc2cc(C(=O)N/N=C/c3ccc(C)cc3O)ccc2c1. The average molecular weight is 334 g/mol. The molecular weight excluding hydrogens is 316 g/mol. The molecule has 0 aromatic heterocycles. The summed E-state index contributed by atoms with van der Waals surface area (Å²) in [7, 11) is 1.62. The Morgan fingerprint density at radius 1 is 1.08 bits per heavy atom. The third kappa shape index (κ3) is 3.77. The number of ether oxygens (including phenoxy) is 1. The Labute approximate surface area is 145 Å². The lowest BCUT2D eigenvalue weighted by atomic mass is 10.1. The maximum Gasteiger partial charge on any atom is 0.271 e. The molecule has 0 saturated heterocycles. The number of nitrogens with one attached hydrogen (secondary N) is 1. The van der Waals surface area contributed by atoms with Crippen molar-refractivity contribution in [3.63, 3.8) is 0 Å². The van der Waals surface area contributed by atoms with Gasteiger partial charge in [-0.3, -0.25) is 4.79 Å². The number of benzene rings is 3. The highest BCUT2D eigenvalue weighted by Crippen LogP contribution is 2.22. The molecule has 1 amide bonds. The van der Waals surface area contributed by atoms with Gasteiger partial charge in [0.1, 0.15) is 11.5 Å². The highest BCUT2D eigenvalue weighted by Gasteiger charge is 2.06. The zero-order valence-electron chi connectivity index (χ0n) is 14.0.